The first-order chi connectivity index (χ1) is 9.42. The molecular formula is C16H26N4. The van der Waals surface area contributed by atoms with Gasteiger partial charge in [0, 0.05) is 12.6 Å². The van der Waals surface area contributed by atoms with E-state index in [2.05, 4.69) is 56.5 Å². The van der Waals surface area contributed by atoms with Crippen LogP contribution in [0.1, 0.15) is 30.3 Å². The van der Waals surface area contributed by atoms with Crippen molar-refractivity contribution >= 4 is 11.0 Å². The summed E-state index contributed by atoms with van der Waals surface area (Å²) >= 11 is 0. The highest BCUT2D eigenvalue weighted by Crippen LogP contribution is 2.22. The largest absolute Gasteiger partial charge is 0.326 e. The molecule has 2 N–H and O–H groups in total. The van der Waals surface area contributed by atoms with Crippen molar-refractivity contribution in [2.24, 2.45) is 5.73 Å². The third kappa shape index (κ3) is 3.02. The number of nitrogens with zero attached hydrogens (tertiary/aromatic N) is 3. The van der Waals surface area contributed by atoms with Gasteiger partial charge in [-0.2, -0.15) is 0 Å². The summed E-state index contributed by atoms with van der Waals surface area (Å²) in [4.78, 5) is 6.96. The van der Waals surface area contributed by atoms with Gasteiger partial charge in [0.2, 0.25) is 0 Å². The van der Waals surface area contributed by atoms with E-state index < -0.39 is 0 Å². The minimum absolute atomic E-state index is 0.176. The van der Waals surface area contributed by atoms with Crippen molar-refractivity contribution < 1.29 is 0 Å². The van der Waals surface area contributed by atoms with Crippen LogP contribution in [0.25, 0.3) is 11.0 Å². The first kappa shape index (κ1) is 15.0. The van der Waals surface area contributed by atoms with E-state index in [-0.39, 0.29) is 6.04 Å². The fraction of sp³-hybridized carbons (Fsp3) is 0.562. The SMILES string of the molecule is CCC(N)Cn1c(CN(C)C)nc2cc(C)c(C)cc21. The van der Waals surface area contributed by atoms with E-state index in [1.165, 1.54) is 16.6 Å². The number of imidazole rings is 1. The topological polar surface area (TPSA) is 47.1 Å². The Kier molecular flexibility index (Phi) is 4.45. The lowest BCUT2D eigenvalue weighted by Crippen LogP contribution is -2.27. The molecule has 0 bridgehead atoms. The van der Waals surface area contributed by atoms with Gasteiger partial charge in [-0.25, -0.2) is 4.98 Å². The Bertz CT molecular complexity index is 598. The van der Waals surface area contributed by atoms with Crippen LogP contribution in [0.15, 0.2) is 12.1 Å². The number of nitrogens with two attached hydrogens (primary N) is 1. The maximum Gasteiger partial charge on any atom is 0.124 e. The maximum absolute atomic E-state index is 6.16. The lowest BCUT2D eigenvalue weighted by molar-refractivity contribution is 0.377. The highest BCUT2D eigenvalue weighted by molar-refractivity contribution is 5.78. The minimum atomic E-state index is 0.176. The molecule has 1 heterocycles. The number of benzene rings is 1. The number of rotatable bonds is 5. The number of aromatic nitrogens is 2. The zero-order chi connectivity index (χ0) is 14.9. The molecule has 0 saturated heterocycles. The Labute approximate surface area is 121 Å². The summed E-state index contributed by atoms with van der Waals surface area (Å²) in [5.41, 5.74) is 11.0. The van der Waals surface area contributed by atoms with Gasteiger partial charge in [-0.3, -0.25) is 0 Å². The smallest absolute Gasteiger partial charge is 0.124 e. The Morgan fingerprint density at radius 3 is 2.50 bits per heavy atom. The molecule has 4 heteroatoms. The zero-order valence-electron chi connectivity index (χ0n) is 13.3. The van der Waals surface area contributed by atoms with Crippen LogP contribution in [0.2, 0.25) is 0 Å². The Hall–Kier alpha value is -1.39. The quantitative estimate of drug-likeness (QED) is 0.911. The monoisotopic (exact) mass is 274 g/mol. The molecule has 0 spiro atoms. The molecule has 1 aromatic heterocycles. The van der Waals surface area contributed by atoms with Gasteiger partial charge in [-0.15, -0.1) is 0 Å². The van der Waals surface area contributed by atoms with Crippen LogP contribution in [0, 0.1) is 13.8 Å². The van der Waals surface area contributed by atoms with Crippen LogP contribution in [-0.2, 0) is 13.1 Å². The second-order valence-corrected chi connectivity index (χ2v) is 5.97. The third-order valence-electron chi connectivity index (χ3n) is 3.84. The minimum Gasteiger partial charge on any atom is -0.326 e. The summed E-state index contributed by atoms with van der Waals surface area (Å²) in [7, 11) is 4.14. The summed E-state index contributed by atoms with van der Waals surface area (Å²) in [5, 5.41) is 0. The van der Waals surface area contributed by atoms with Crippen molar-refractivity contribution in [3.05, 3.63) is 29.1 Å². The van der Waals surface area contributed by atoms with E-state index in [1.807, 2.05) is 0 Å². The molecule has 0 aliphatic rings. The van der Waals surface area contributed by atoms with Crippen molar-refractivity contribution in [1.29, 1.82) is 0 Å². The highest BCUT2D eigenvalue weighted by Gasteiger charge is 2.14. The van der Waals surface area contributed by atoms with E-state index in [9.17, 15) is 0 Å². The summed E-state index contributed by atoms with van der Waals surface area (Å²) in [6, 6.07) is 4.59. The zero-order valence-corrected chi connectivity index (χ0v) is 13.3. The summed E-state index contributed by atoms with van der Waals surface area (Å²) in [5.74, 6) is 1.10. The molecular weight excluding hydrogens is 248 g/mol. The van der Waals surface area contributed by atoms with Crippen molar-refractivity contribution in [3.63, 3.8) is 0 Å². The van der Waals surface area contributed by atoms with Crippen molar-refractivity contribution in [2.45, 2.75) is 46.3 Å². The summed E-state index contributed by atoms with van der Waals surface area (Å²) in [6.45, 7) is 8.08. The van der Waals surface area contributed by atoms with E-state index in [1.54, 1.807) is 0 Å². The van der Waals surface area contributed by atoms with Crippen LogP contribution in [0.5, 0.6) is 0 Å². The van der Waals surface area contributed by atoms with Crippen LogP contribution < -0.4 is 5.73 Å². The molecule has 0 amide bonds. The molecule has 0 aliphatic carbocycles. The van der Waals surface area contributed by atoms with Crippen molar-refractivity contribution in [2.75, 3.05) is 14.1 Å². The van der Waals surface area contributed by atoms with E-state index >= 15 is 0 Å². The Balaban J connectivity index is 2.55. The van der Waals surface area contributed by atoms with Gasteiger partial charge in [0.05, 0.1) is 17.6 Å². The van der Waals surface area contributed by atoms with Gasteiger partial charge in [-0.05, 0) is 57.6 Å². The van der Waals surface area contributed by atoms with Gasteiger partial charge in [-0.1, -0.05) is 6.92 Å². The fourth-order valence-corrected chi connectivity index (χ4v) is 2.40. The molecule has 0 fully saturated rings. The normalized spacial score (nSPS) is 13.3. The highest BCUT2D eigenvalue weighted by atomic mass is 15.2. The molecule has 1 aromatic carbocycles. The van der Waals surface area contributed by atoms with Crippen LogP contribution in [0.3, 0.4) is 0 Å². The van der Waals surface area contributed by atoms with E-state index in [0.29, 0.717) is 0 Å². The van der Waals surface area contributed by atoms with Gasteiger partial charge in [0.1, 0.15) is 5.82 Å². The number of aryl methyl sites for hydroxylation is 2. The number of fused-ring (bicyclic) bond motifs is 1. The van der Waals surface area contributed by atoms with Gasteiger partial charge in [0.25, 0.3) is 0 Å². The molecule has 110 valence electrons. The number of hydrogen-bond acceptors (Lipinski definition) is 3. The van der Waals surface area contributed by atoms with E-state index in [0.717, 1.165) is 30.9 Å². The first-order valence-electron chi connectivity index (χ1n) is 7.29. The van der Waals surface area contributed by atoms with Crippen LogP contribution in [-0.4, -0.2) is 34.6 Å². The predicted octanol–water partition coefficient (Wildman–Crippen LogP) is 2.45. The standard InChI is InChI=1S/C16H26N4/c1-6-13(17)9-20-15-8-12(3)11(2)7-14(15)18-16(20)10-19(4)5/h7-8,13H,6,9-10,17H2,1-5H3. The molecule has 0 saturated carbocycles. The fourth-order valence-electron chi connectivity index (χ4n) is 2.40. The maximum atomic E-state index is 6.16. The van der Waals surface area contributed by atoms with Crippen molar-refractivity contribution in [3.8, 4) is 0 Å². The molecule has 2 rings (SSSR count). The van der Waals surface area contributed by atoms with Gasteiger partial charge in [0.15, 0.2) is 0 Å². The lowest BCUT2D eigenvalue weighted by atomic mass is 10.1. The molecule has 0 radical (unpaired) electrons. The molecule has 0 aliphatic heterocycles. The number of hydrogen-bond donors (Lipinski definition) is 1. The van der Waals surface area contributed by atoms with Crippen molar-refractivity contribution in [1.82, 2.24) is 14.5 Å². The lowest BCUT2D eigenvalue weighted by Gasteiger charge is -2.16. The first-order valence-corrected chi connectivity index (χ1v) is 7.29. The van der Waals surface area contributed by atoms with E-state index in [4.69, 9.17) is 10.7 Å². The molecule has 20 heavy (non-hydrogen) atoms. The molecule has 1 unspecified atom stereocenters. The molecule has 1 atom stereocenters. The molecule has 4 nitrogen and oxygen atoms in total. The second kappa shape index (κ2) is 5.94. The van der Waals surface area contributed by atoms with Crippen LogP contribution >= 0.6 is 0 Å². The third-order valence-corrected chi connectivity index (χ3v) is 3.84. The second-order valence-electron chi connectivity index (χ2n) is 5.97. The van der Waals surface area contributed by atoms with Gasteiger partial charge < -0.3 is 15.2 Å². The average Bonchev–Trinajstić information content (AvgIpc) is 2.67. The van der Waals surface area contributed by atoms with Gasteiger partial charge >= 0.3 is 0 Å². The summed E-state index contributed by atoms with van der Waals surface area (Å²) in [6.07, 6.45) is 0.978. The average molecular weight is 274 g/mol. The van der Waals surface area contributed by atoms with Crippen LogP contribution in [0.4, 0.5) is 0 Å². The Morgan fingerprint density at radius 2 is 1.90 bits per heavy atom. The Morgan fingerprint density at radius 1 is 1.25 bits per heavy atom. The predicted molar refractivity (Wildman–Crippen MR) is 84.9 cm³/mol. The molecule has 2 aromatic rings. The summed E-state index contributed by atoms with van der Waals surface area (Å²) < 4.78 is 2.29.